The molecule has 1 aromatic rings. The second kappa shape index (κ2) is 6.00. The Labute approximate surface area is 112 Å². The van der Waals surface area contributed by atoms with Crippen LogP contribution in [-0.2, 0) is 16.1 Å². The Morgan fingerprint density at radius 1 is 1.37 bits per heavy atom. The minimum absolute atomic E-state index is 0.176. The highest BCUT2D eigenvalue weighted by Crippen LogP contribution is 2.14. The molecular weight excluding hydrogens is 242 g/mol. The normalized spacial score (nSPS) is 16.8. The second-order valence-electron chi connectivity index (χ2n) is 4.09. The molecule has 1 aliphatic heterocycles. The number of ether oxygens (including phenoxy) is 1. The van der Waals surface area contributed by atoms with Crippen molar-refractivity contribution in [2.24, 2.45) is 0 Å². The highest BCUT2D eigenvalue weighted by atomic mass is 16.6. The molecule has 0 spiro atoms. The zero-order chi connectivity index (χ0) is 13.7. The zero-order valence-electron chi connectivity index (χ0n) is 10.7. The summed E-state index contributed by atoms with van der Waals surface area (Å²) in [5, 5.41) is 0. The molecule has 0 bridgehead atoms. The molecule has 0 atom stereocenters. The Hall–Kier alpha value is -2.36. The summed E-state index contributed by atoms with van der Waals surface area (Å²) in [5.74, 6) is -0.176. The second-order valence-corrected chi connectivity index (χ2v) is 4.09. The predicted molar refractivity (Wildman–Crippen MR) is 71.2 cm³/mol. The van der Waals surface area contributed by atoms with Crippen LogP contribution < -0.4 is 0 Å². The van der Waals surface area contributed by atoms with E-state index in [0.29, 0.717) is 12.2 Å². The topological polar surface area (TPSA) is 46.6 Å². The van der Waals surface area contributed by atoms with Crippen molar-refractivity contribution in [3.63, 3.8) is 0 Å². The molecule has 1 aromatic carbocycles. The van der Waals surface area contributed by atoms with Gasteiger partial charge in [-0.25, -0.2) is 4.79 Å². The molecule has 0 aliphatic carbocycles. The van der Waals surface area contributed by atoms with Crippen LogP contribution in [0.15, 0.2) is 54.3 Å². The van der Waals surface area contributed by atoms with Crippen molar-refractivity contribution in [2.75, 3.05) is 6.54 Å². The number of ketones is 1. The van der Waals surface area contributed by atoms with E-state index in [4.69, 9.17) is 4.74 Å². The maximum absolute atomic E-state index is 12.0. The van der Waals surface area contributed by atoms with Crippen molar-refractivity contribution < 1.29 is 14.3 Å². The van der Waals surface area contributed by atoms with Crippen LogP contribution in [0.1, 0.15) is 12.5 Å². The van der Waals surface area contributed by atoms with E-state index in [2.05, 4.69) is 0 Å². The highest BCUT2D eigenvalue weighted by Gasteiger charge is 2.24. The van der Waals surface area contributed by atoms with Gasteiger partial charge in [-0.05, 0) is 18.6 Å². The molecule has 2 rings (SSSR count). The van der Waals surface area contributed by atoms with Crippen molar-refractivity contribution in [1.29, 1.82) is 0 Å². The van der Waals surface area contributed by atoms with Crippen LogP contribution in [0.25, 0.3) is 0 Å². The van der Waals surface area contributed by atoms with Gasteiger partial charge in [-0.3, -0.25) is 9.69 Å². The molecule has 1 amide bonds. The molecule has 0 aromatic heterocycles. The number of carbonyl (C=O) groups is 2. The van der Waals surface area contributed by atoms with Crippen LogP contribution in [0.3, 0.4) is 0 Å². The third kappa shape index (κ3) is 3.10. The quantitative estimate of drug-likeness (QED) is 0.765. The maximum Gasteiger partial charge on any atom is 0.415 e. The lowest BCUT2D eigenvalue weighted by Crippen LogP contribution is -2.36. The van der Waals surface area contributed by atoms with Crippen molar-refractivity contribution >= 4 is 11.9 Å². The van der Waals surface area contributed by atoms with E-state index >= 15 is 0 Å². The number of amides is 1. The molecule has 4 nitrogen and oxygen atoms in total. The first kappa shape index (κ1) is 13.1. The summed E-state index contributed by atoms with van der Waals surface area (Å²) < 4.78 is 5.21. The summed E-state index contributed by atoms with van der Waals surface area (Å²) in [6.07, 6.45) is 4.24. The molecule has 1 aliphatic rings. The molecule has 0 saturated carbocycles. The minimum Gasteiger partial charge on any atom is -0.444 e. The average Bonchev–Trinajstić information content (AvgIpc) is 2.45. The predicted octanol–water partition coefficient (Wildman–Crippen LogP) is 2.67. The van der Waals surface area contributed by atoms with E-state index in [1.54, 1.807) is 19.1 Å². The summed E-state index contributed by atoms with van der Waals surface area (Å²) in [5.41, 5.74) is 1.28. The van der Waals surface area contributed by atoms with Gasteiger partial charge in [0.15, 0.2) is 0 Å². The molecule has 19 heavy (non-hydrogen) atoms. The van der Waals surface area contributed by atoms with Gasteiger partial charge < -0.3 is 4.74 Å². The van der Waals surface area contributed by atoms with Crippen LogP contribution in [0.5, 0.6) is 0 Å². The molecule has 1 heterocycles. The zero-order valence-corrected chi connectivity index (χ0v) is 10.7. The van der Waals surface area contributed by atoms with Crippen molar-refractivity contribution in [3.8, 4) is 0 Å². The molecule has 0 fully saturated rings. The molecule has 0 N–H and O–H groups in total. The summed E-state index contributed by atoms with van der Waals surface area (Å²) in [6.45, 7) is 2.29. The number of hydrogen-bond donors (Lipinski definition) is 0. The lowest BCUT2D eigenvalue weighted by atomic mass is 10.1. The smallest absolute Gasteiger partial charge is 0.415 e. The first-order chi connectivity index (χ1) is 9.22. The largest absolute Gasteiger partial charge is 0.444 e. The standard InChI is InChI=1S/C15H15NO3/c1-2-13-14(17)9-6-10-16(13)15(18)19-11-12-7-4-3-5-8-12/h2-9H,10-11H2,1H3/b13-2+. The molecule has 98 valence electrons. The maximum atomic E-state index is 12.0. The van der Waals surface area contributed by atoms with E-state index in [-0.39, 0.29) is 12.4 Å². The fourth-order valence-electron chi connectivity index (χ4n) is 1.85. The Balaban J connectivity index is 2.00. The van der Waals surface area contributed by atoms with Crippen LogP contribution in [-0.4, -0.2) is 23.3 Å². The number of allylic oxidation sites excluding steroid dienone is 2. The first-order valence-electron chi connectivity index (χ1n) is 6.08. The van der Waals surface area contributed by atoms with Crippen molar-refractivity contribution in [3.05, 3.63) is 59.8 Å². The monoisotopic (exact) mass is 257 g/mol. The molecular formula is C15H15NO3. The van der Waals surface area contributed by atoms with Gasteiger partial charge in [0.05, 0.1) is 5.70 Å². The van der Waals surface area contributed by atoms with Crippen LogP contribution in [0.4, 0.5) is 4.79 Å². The fourth-order valence-corrected chi connectivity index (χ4v) is 1.85. The molecule has 0 saturated heterocycles. The lowest BCUT2D eigenvalue weighted by molar-refractivity contribution is -0.113. The van der Waals surface area contributed by atoms with Gasteiger partial charge in [-0.1, -0.05) is 42.5 Å². The summed E-state index contributed by atoms with van der Waals surface area (Å²) in [4.78, 5) is 24.9. The van der Waals surface area contributed by atoms with Gasteiger partial charge in [0.1, 0.15) is 6.61 Å². The van der Waals surface area contributed by atoms with Crippen molar-refractivity contribution in [2.45, 2.75) is 13.5 Å². The number of carbonyl (C=O) groups excluding carboxylic acids is 2. The first-order valence-corrected chi connectivity index (χ1v) is 6.08. The van der Waals surface area contributed by atoms with E-state index in [1.807, 2.05) is 30.3 Å². The molecule has 0 radical (unpaired) electrons. The van der Waals surface area contributed by atoms with Gasteiger partial charge in [0.25, 0.3) is 0 Å². The van der Waals surface area contributed by atoms with Gasteiger partial charge in [-0.15, -0.1) is 0 Å². The van der Waals surface area contributed by atoms with Gasteiger partial charge in [0, 0.05) is 6.54 Å². The Bertz CT molecular complexity index is 532. The van der Waals surface area contributed by atoms with Crippen molar-refractivity contribution in [1.82, 2.24) is 4.90 Å². The Morgan fingerprint density at radius 2 is 2.11 bits per heavy atom. The molecule has 0 unspecified atom stereocenters. The fraction of sp³-hybridized carbons (Fsp3) is 0.200. The minimum atomic E-state index is -0.505. The number of nitrogens with zero attached hydrogens (tertiary/aromatic N) is 1. The third-order valence-corrected chi connectivity index (χ3v) is 2.80. The van der Waals surface area contributed by atoms with Gasteiger partial charge in [0.2, 0.25) is 5.78 Å². The number of rotatable bonds is 2. The summed E-state index contributed by atoms with van der Waals surface area (Å²) in [6, 6.07) is 9.43. The van der Waals surface area contributed by atoms with Crippen LogP contribution in [0, 0.1) is 0 Å². The van der Waals surface area contributed by atoms with Gasteiger partial charge in [-0.2, -0.15) is 0 Å². The van der Waals surface area contributed by atoms with Crippen LogP contribution in [0.2, 0.25) is 0 Å². The van der Waals surface area contributed by atoms with Crippen LogP contribution >= 0.6 is 0 Å². The van der Waals surface area contributed by atoms with E-state index in [0.717, 1.165) is 5.56 Å². The Morgan fingerprint density at radius 3 is 2.79 bits per heavy atom. The number of hydrogen-bond acceptors (Lipinski definition) is 3. The highest BCUT2D eigenvalue weighted by molar-refractivity contribution is 6.06. The summed E-state index contributed by atoms with van der Waals surface area (Å²) >= 11 is 0. The Kier molecular flexibility index (Phi) is 4.13. The SMILES string of the molecule is C/C=C1\C(=O)C=CCN1C(=O)OCc1ccccc1. The average molecular weight is 257 g/mol. The summed E-state index contributed by atoms with van der Waals surface area (Å²) in [7, 11) is 0. The molecule has 4 heteroatoms. The van der Waals surface area contributed by atoms with E-state index < -0.39 is 6.09 Å². The third-order valence-electron chi connectivity index (χ3n) is 2.80. The number of benzene rings is 1. The van der Waals surface area contributed by atoms with E-state index in [1.165, 1.54) is 11.0 Å². The van der Waals surface area contributed by atoms with Gasteiger partial charge >= 0.3 is 6.09 Å². The lowest BCUT2D eigenvalue weighted by Gasteiger charge is -2.24. The van der Waals surface area contributed by atoms with E-state index in [9.17, 15) is 9.59 Å².